The minimum Gasteiger partial charge on any atom is -0.380 e. The lowest BCUT2D eigenvalue weighted by atomic mass is 10.4. The fraction of sp³-hybridized carbons (Fsp3) is 0.857. The van der Waals surface area contributed by atoms with E-state index in [0.29, 0.717) is 25.0 Å². The normalized spacial score (nSPS) is 10.4. The molecular weight excluding hydrogens is 206 g/mol. The molecule has 6 nitrogen and oxygen atoms in total. The van der Waals surface area contributed by atoms with Crippen LogP contribution in [0, 0.1) is 0 Å². The molecule has 0 amide bonds. The van der Waals surface area contributed by atoms with Gasteiger partial charge in [-0.1, -0.05) is 5.10 Å². The number of aryl methyl sites for hydroxylation is 1. The smallest absolute Gasteiger partial charge is 0.242 e. The zero-order valence-corrected chi connectivity index (χ0v) is 8.87. The van der Waals surface area contributed by atoms with Crippen molar-refractivity contribution in [2.45, 2.75) is 6.42 Å². The molecule has 0 fully saturated rings. The molecule has 1 N–H and O–H groups in total. The Balaban J connectivity index is 2.02. The number of ether oxygens (including phenoxy) is 1. The van der Waals surface area contributed by atoms with Crippen LogP contribution in [0.15, 0.2) is 0 Å². The fourth-order valence-electron chi connectivity index (χ4n) is 0.910. The quantitative estimate of drug-likeness (QED) is 0.527. The summed E-state index contributed by atoms with van der Waals surface area (Å²) < 4.78 is 6.79. The maximum atomic E-state index is 5.45. The highest BCUT2D eigenvalue weighted by Gasteiger charge is 1.98. The topological polar surface area (TPSA) is 64.9 Å². The average molecular weight is 220 g/mol. The number of nitrogens with zero attached hydrogens (tertiary/aromatic N) is 4. The van der Waals surface area contributed by atoms with Gasteiger partial charge in [0.25, 0.3) is 0 Å². The van der Waals surface area contributed by atoms with E-state index in [1.165, 1.54) is 0 Å². The number of tetrazole rings is 1. The van der Waals surface area contributed by atoms with Crippen molar-refractivity contribution in [3.63, 3.8) is 0 Å². The third kappa shape index (κ3) is 3.89. The Bertz CT molecular complexity index is 254. The lowest BCUT2D eigenvalue weighted by Gasteiger charge is -2.03. The van der Waals surface area contributed by atoms with Crippen LogP contribution < -0.4 is 5.32 Å². The standard InChI is InChI=1S/C7H14ClN5O/c1-13-7(10-11-12-13)9-4-2-5-14-6-3-8/h2-6H2,1H3,(H,9,10,12). The first-order chi connectivity index (χ1) is 6.84. The number of aromatic nitrogens is 4. The van der Waals surface area contributed by atoms with Crippen LogP contribution in [0.3, 0.4) is 0 Å². The Morgan fingerprint density at radius 3 is 3.00 bits per heavy atom. The van der Waals surface area contributed by atoms with Crippen molar-refractivity contribution in [3.05, 3.63) is 0 Å². The van der Waals surface area contributed by atoms with E-state index in [0.717, 1.165) is 13.0 Å². The van der Waals surface area contributed by atoms with Crippen LogP contribution in [-0.4, -0.2) is 45.8 Å². The molecule has 0 unspecified atom stereocenters. The van der Waals surface area contributed by atoms with Crippen molar-refractivity contribution in [1.82, 2.24) is 20.2 Å². The van der Waals surface area contributed by atoms with Crippen LogP contribution in [0.1, 0.15) is 6.42 Å². The Morgan fingerprint density at radius 1 is 1.50 bits per heavy atom. The van der Waals surface area contributed by atoms with Crippen LogP contribution in [0.5, 0.6) is 0 Å². The van der Waals surface area contributed by atoms with Gasteiger partial charge < -0.3 is 10.1 Å². The molecule has 0 bridgehead atoms. The van der Waals surface area contributed by atoms with Crippen molar-refractivity contribution in [3.8, 4) is 0 Å². The number of halogens is 1. The van der Waals surface area contributed by atoms with Gasteiger partial charge in [0, 0.05) is 26.1 Å². The highest BCUT2D eigenvalue weighted by Crippen LogP contribution is 1.95. The zero-order valence-electron chi connectivity index (χ0n) is 8.11. The van der Waals surface area contributed by atoms with Gasteiger partial charge in [0.15, 0.2) is 0 Å². The van der Waals surface area contributed by atoms with Gasteiger partial charge in [-0.25, -0.2) is 4.68 Å². The van der Waals surface area contributed by atoms with E-state index in [-0.39, 0.29) is 0 Å². The molecule has 1 rings (SSSR count). The maximum absolute atomic E-state index is 5.45. The average Bonchev–Trinajstić information content (AvgIpc) is 2.58. The molecule has 0 radical (unpaired) electrons. The van der Waals surface area contributed by atoms with Gasteiger partial charge in [-0.15, -0.1) is 11.6 Å². The number of hydrogen-bond acceptors (Lipinski definition) is 5. The molecule has 0 aromatic carbocycles. The largest absolute Gasteiger partial charge is 0.380 e. The van der Waals surface area contributed by atoms with Crippen molar-refractivity contribution in [2.24, 2.45) is 7.05 Å². The molecule has 1 heterocycles. The zero-order chi connectivity index (χ0) is 10.2. The van der Waals surface area contributed by atoms with Crippen LogP contribution in [0.4, 0.5) is 5.95 Å². The van der Waals surface area contributed by atoms with Gasteiger partial charge in [-0.05, 0) is 16.8 Å². The fourth-order valence-corrected chi connectivity index (χ4v) is 1.02. The van der Waals surface area contributed by atoms with E-state index in [9.17, 15) is 0 Å². The molecule has 80 valence electrons. The van der Waals surface area contributed by atoms with Gasteiger partial charge >= 0.3 is 0 Å². The van der Waals surface area contributed by atoms with Gasteiger partial charge in [-0.3, -0.25) is 0 Å². The summed E-state index contributed by atoms with van der Waals surface area (Å²) in [6.45, 7) is 2.09. The molecule has 0 aliphatic carbocycles. The second-order valence-electron chi connectivity index (χ2n) is 2.71. The molecule has 0 aliphatic heterocycles. The number of alkyl halides is 1. The SMILES string of the molecule is Cn1nnnc1NCCCOCCCl. The van der Waals surface area contributed by atoms with Gasteiger partial charge in [0.2, 0.25) is 5.95 Å². The van der Waals surface area contributed by atoms with Crippen LogP contribution in [-0.2, 0) is 11.8 Å². The van der Waals surface area contributed by atoms with Crippen molar-refractivity contribution in [1.29, 1.82) is 0 Å². The van der Waals surface area contributed by atoms with E-state index in [2.05, 4.69) is 20.8 Å². The van der Waals surface area contributed by atoms with E-state index in [4.69, 9.17) is 16.3 Å². The summed E-state index contributed by atoms with van der Waals surface area (Å²) in [6.07, 6.45) is 0.906. The van der Waals surface area contributed by atoms with E-state index < -0.39 is 0 Å². The van der Waals surface area contributed by atoms with E-state index in [1.807, 2.05) is 0 Å². The summed E-state index contributed by atoms with van der Waals surface area (Å²) in [5.74, 6) is 1.21. The first-order valence-electron chi connectivity index (χ1n) is 4.44. The Morgan fingerprint density at radius 2 is 2.36 bits per heavy atom. The van der Waals surface area contributed by atoms with Crippen molar-refractivity contribution >= 4 is 17.5 Å². The van der Waals surface area contributed by atoms with E-state index in [1.54, 1.807) is 11.7 Å². The van der Waals surface area contributed by atoms with Crippen molar-refractivity contribution < 1.29 is 4.74 Å². The molecule has 0 saturated heterocycles. The lowest BCUT2D eigenvalue weighted by Crippen LogP contribution is -2.10. The Labute approximate surface area is 87.6 Å². The molecule has 0 saturated carbocycles. The highest BCUT2D eigenvalue weighted by molar-refractivity contribution is 6.17. The molecule has 0 spiro atoms. The monoisotopic (exact) mass is 219 g/mol. The van der Waals surface area contributed by atoms with Crippen molar-refractivity contribution in [2.75, 3.05) is 31.0 Å². The van der Waals surface area contributed by atoms with Crippen LogP contribution in [0.2, 0.25) is 0 Å². The predicted molar refractivity (Wildman–Crippen MR) is 53.4 cm³/mol. The molecule has 1 aromatic rings. The first kappa shape index (κ1) is 11.2. The summed E-state index contributed by atoms with van der Waals surface area (Å²) in [7, 11) is 1.78. The highest BCUT2D eigenvalue weighted by atomic mass is 35.5. The molecule has 1 aromatic heterocycles. The van der Waals surface area contributed by atoms with Gasteiger partial charge in [0.05, 0.1) is 6.61 Å². The van der Waals surface area contributed by atoms with Crippen LogP contribution >= 0.6 is 11.6 Å². The third-order valence-electron chi connectivity index (χ3n) is 1.59. The Kier molecular flexibility index (Phi) is 5.24. The maximum Gasteiger partial charge on any atom is 0.242 e. The van der Waals surface area contributed by atoms with Gasteiger partial charge in [0.1, 0.15) is 0 Å². The number of hydrogen-bond donors (Lipinski definition) is 1. The third-order valence-corrected chi connectivity index (χ3v) is 1.74. The number of anilines is 1. The molecule has 0 aliphatic rings. The molecule has 7 heteroatoms. The summed E-state index contributed by atoms with van der Waals surface area (Å²) in [5.41, 5.74) is 0. The van der Waals surface area contributed by atoms with E-state index >= 15 is 0 Å². The van der Waals surface area contributed by atoms with Gasteiger partial charge in [-0.2, -0.15) is 0 Å². The second-order valence-corrected chi connectivity index (χ2v) is 3.09. The lowest BCUT2D eigenvalue weighted by molar-refractivity contribution is 0.149. The second kappa shape index (κ2) is 6.56. The summed E-state index contributed by atoms with van der Waals surface area (Å²) in [5, 5.41) is 14.1. The minimum absolute atomic E-state index is 0.542. The number of nitrogens with one attached hydrogen (secondary N) is 1. The Hall–Kier alpha value is -0.880. The molecule has 14 heavy (non-hydrogen) atoms. The van der Waals surface area contributed by atoms with Crippen LogP contribution in [0.25, 0.3) is 0 Å². The summed E-state index contributed by atoms with van der Waals surface area (Å²) in [4.78, 5) is 0. The number of rotatable bonds is 7. The summed E-state index contributed by atoms with van der Waals surface area (Å²) in [6, 6.07) is 0. The first-order valence-corrected chi connectivity index (χ1v) is 4.98. The predicted octanol–water partition coefficient (Wildman–Crippen LogP) is 0.267. The summed E-state index contributed by atoms with van der Waals surface area (Å²) >= 11 is 5.45. The molecule has 0 atom stereocenters. The molecular formula is C7H14ClN5O. The minimum atomic E-state index is 0.542.